The van der Waals surface area contributed by atoms with Gasteiger partial charge in [0.15, 0.2) is 0 Å². The van der Waals surface area contributed by atoms with Gasteiger partial charge in [0.2, 0.25) is 10.0 Å². The Hall–Kier alpha value is -1.83. The lowest BCUT2D eigenvalue weighted by atomic mass is 9.99. The first kappa shape index (κ1) is 17.6. The number of piperidine rings is 1. The van der Waals surface area contributed by atoms with Gasteiger partial charge >= 0.3 is 0 Å². The van der Waals surface area contributed by atoms with E-state index >= 15 is 0 Å². The number of aromatic nitrogens is 1. The van der Waals surface area contributed by atoms with Crippen LogP contribution < -0.4 is 0 Å². The van der Waals surface area contributed by atoms with Crippen LogP contribution >= 0.6 is 11.3 Å². The van der Waals surface area contributed by atoms with E-state index in [1.54, 1.807) is 18.3 Å². The number of halogens is 1. The monoisotopic (exact) mass is 390 g/mol. The summed E-state index contributed by atoms with van der Waals surface area (Å²) in [6.07, 6.45) is 1.46. The van der Waals surface area contributed by atoms with Crippen molar-refractivity contribution in [1.29, 1.82) is 0 Å². The largest absolute Gasteiger partial charge is 0.243 e. The summed E-state index contributed by atoms with van der Waals surface area (Å²) in [6, 6.07) is 11.9. The quantitative estimate of drug-likeness (QED) is 0.669. The van der Waals surface area contributed by atoms with Gasteiger partial charge in [-0.3, -0.25) is 0 Å². The molecule has 0 unspecified atom stereocenters. The van der Waals surface area contributed by atoms with Crippen molar-refractivity contribution in [3.05, 3.63) is 58.9 Å². The number of thiazole rings is 1. The summed E-state index contributed by atoms with van der Waals surface area (Å²) in [4.78, 5) is 4.77. The molecule has 26 heavy (non-hydrogen) atoms. The molecule has 0 N–H and O–H groups in total. The number of hydrogen-bond donors (Lipinski definition) is 0. The number of fused-ring (bicyclic) bond motifs is 1. The fraction of sp³-hybridized carbons (Fsp3) is 0.316. The lowest BCUT2D eigenvalue weighted by Gasteiger charge is -2.30. The molecule has 0 saturated carbocycles. The molecule has 7 heteroatoms. The van der Waals surface area contributed by atoms with Gasteiger partial charge in [0.1, 0.15) is 5.82 Å². The maximum absolute atomic E-state index is 13.5. The highest BCUT2D eigenvalue weighted by molar-refractivity contribution is 7.89. The predicted molar refractivity (Wildman–Crippen MR) is 101 cm³/mol. The third kappa shape index (κ3) is 3.15. The molecule has 0 aliphatic carbocycles. The number of aryl methyl sites for hydroxylation is 1. The van der Waals surface area contributed by atoms with E-state index in [1.807, 2.05) is 18.2 Å². The van der Waals surface area contributed by atoms with Crippen molar-refractivity contribution in [1.82, 2.24) is 9.29 Å². The van der Waals surface area contributed by atoms with E-state index in [-0.39, 0.29) is 10.8 Å². The first-order valence-electron chi connectivity index (χ1n) is 8.57. The lowest BCUT2D eigenvalue weighted by molar-refractivity contribution is 0.319. The Kier molecular flexibility index (Phi) is 4.54. The molecule has 1 aliphatic rings. The smallest absolute Gasteiger partial charge is 0.241 e. The Balaban J connectivity index is 1.53. The number of nitrogens with zero attached hydrogens (tertiary/aromatic N) is 2. The number of sulfonamides is 1. The molecule has 4 nitrogen and oxygen atoms in total. The third-order valence-corrected chi connectivity index (χ3v) is 8.12. The SMILES string of the molecule is Cc1ccc(F)cc1S(=O)(=O)N1CCC(c2nc3ccccc3s2)CC1. The highest BCUT2D eigenvalue weighted by Crippen LogP contribution is 2.35. The minimum absolute atomic E-state index is 0.0657. The van der Waals surface area contributed by atoms with Gasteiger partial charge in [-0.25, -0.2) is 17.8 Å². The lowest BCUT2D eigenvalue weighted by Crippen LogP contribution is -2.38. The van der Waals surface area contributed by atoms with E-state index in [1.165, 1.54) is 16.4 Å². The standard InChI is InChI=1S/C19H19FN2O2S2/c1-13-6-7-15(20)12-18(13)26(23,24)22-10-8-14(9-11-22)19-21-16-4-2-3-5-17(16)25-19/h2-7,12,14H,8-11H2,1H3. The molecular weight excluding hydrogens is 371 g/mol. The van der Waals surface area contributed by atoms with Crippen molar-refractivity contribution in [3.63, 3.8) is 0 Å². The Bertz CT molecular complexity index is 1020. The molecule has 1 aliphatic heterocycles. The highest BCUT2D eigenvalue weighted by Gasteiger charge is 2.32. The number of para-hydroxylation sites is 1. The molecular formula is C19H19FN2O2S2. The molecule has 0 spiro atoms. The van der Waals surface area contributed by atoms with E-state index in [0.717, 1.165) is 34.1 Å². The number of rotatable bonds is 3. The van der Waals surface area contributed by atoms with E-state index in [9.17, 15) is 12.8 Å². The van der Waals surface area contributed by atoms with Crippen molar-refractivity contribution in [3.8, 4) is 0 Å². The summed E-state index contributed by atoms with van der Waals surface area (Å²) in [5.74, 6) is -0.258. The zero-order valence-corrected chi connectivity index (χ0v) is 16.0. The highest BCUT2D eigenvalue weighted by atomic mass is 32.2. The first-order valence-corrected chi connectivity index (χ1v) is 10.8. The van der Waals surface area contributed by atoms with Crippen molar-refractivity contribution in [2.24, 2.45) is 0 Å². The predicted octanol–water partition coefficient (Wildman–Crippen LogP) is 4.31. The Morgan fingerprint density at radius 2 is 1.88 bits per heavy atom. The second-order valence-corrected chi connectivity index (χ2v) is 9.58. The molecule has 136 valence electrons. The summed E-state index contributed by atoms with van der Waals surface area (Å²) in [6.45, 7) is 2.55. The Morgan fingerprint density at radius 3 is 2.62 bits per heavy atom. The van der Waals surface area contributed by atoms with Gasteiger partial charge in [-0.1, -0.05) is 18.2 Å². The van der Waals surface area contributed by atoms with Crippen molar-refractivity contribution >= 4 is 31.6 Å². The van der Waals surface area contributed by atoms with E-state index in [2.05, 4.69) is 6.07 Å². The molecule has 0 bridgehead atoms. The first-order chi connectivity index (χ1) is 12.4. The molecule has 1 aromatic heterocycles. The summed E-state index contributed by atoms with van der Waals surface area (Å²) < 4.78 is 42.0. The molecule has 0 radical (unpaired) electrons. The fourth-order valence-electron chi connectivity index (χ4n) is 3.40. The van der Waals surface area contributed by atoms with Gasteiger partial charge in [-0.2, -0.15) is 4.31 Å². The van der Waals surface area contributed by atoms with E-state index in [4.69, 9.17) is 4.98 Å². The average molecular weight is 391 g/mol. The van der Waals surface area contributed by atoms with Gasteiger partial charge in [-0.15, -0.1) is 11.3 Å². The number of hydrogen-bond acceptors (Lipinski definition) is 4. The van der Waals surface area contributed by atoms with Crippen LogP contribution in [0, 0.1) is 12.7 Å². The van der Waals surface area contributed by atoms with Gasteiger partial charge in [0.05, 0.1) is 20.1 Å². The van der Waals surface area contributed by atoms with Gasteiger partial charge in [-0.05, 0) is 49.6 Å². The van der Waals surface area contributed by atoms with Crippen LogP contribution in [0.1, 0.15) is 29.3 Å². The van der Waals surface area contributed by atoms with Crippen LogP contribution in [0.4, 0.5) is 4.39 Å². The van der Waals surface area contributed by atoms with Crippen LogP contribution in [0.5, 0.6) is 0 Å². The maximum atomic E-state index is 13.5. The molecule has 2 aromatic carbocycles. The van der Waals surface area contributed by atoms with Crippen LogP contribution in [0.15, 0.2) is 47.4 Å². The van der Waals surface area contributed by atoms with Gasteiger partial charge < -0.3 is 0 Å². The summed E-state index contributed by atoms with van der Waals surface area (Å²) in [5, 5.41) is 1.07. The third-order valence-electron chi connectivity index (χ3n) is 4.88. The second kappa shape index (κ2) is 6.72. The van der Waals surface area contributed by atoms with Crippen LogP contribution in [0.25, 0.3) is 10.2 Å². The molecule has 4 rings (SSSR count). The average Bonchev–Trinajstić information content (AvgIpc) is 3.08. The van der Waals surface area contributed by atoms with Crippen molar-refractivity contribution in [2.45, 2.75) is 30.6 Å². The Morgan fingerprint density at radius 1 is 1.15 bits per heavy atom. The minimum atomic E-state index is -3.67. The van der Waals surface area contributed by atoms with Gasteiger partial charge in [0.25, 0.3) is 0 Å². The molecule has 0 atom stereocenters. The Labute approximate surface area is 156 Å². The zero-order valence-electron chi connectivity index (χ0n) is 14.4. The molecule has 1 fully saturated rings. The molecule has 1 saturated heterocycles. The van der Waals surface area contributed by atoms with E-state index < -0.39 is 15.8 Å². The number of benzene rings is 2. The van der Waals surface area contributed by atoms with Crippen LogP contribution in [-0.2, 0) is 10.0 Å². The molecule has 0 amide bonds. The second-order valence-electron chi connectivity index (χ2n) is 6.61. The maximum Gasteiger partial charge on any atom is 0.243 e. The fourth-order valence-corrected chi connectivity index (χ4v) is 6.24. The van der Waals surface area contributed by atoms with E-state index in [0.29, 0.717) is 18.7 Å². The normalized spacial score (nSPS) is 17.0. The van der Waals surface area contributed by atoms with Crippen LogP contribution in [0.3, 0.4) is 0 Å². The summed E-state index contributed by atoms with van der Waals surface area (Å²) >= 11 is 1.68. The zero-order chi connectivity index (χ0) is 18.3. The van der Waals surface area contributed by atoms with Crippen LogP contribution in [0.2, 0.25) is 0 Å². The van der Waals surface area contributed by atoms with Crippen molar-refractivity contribution < 1.29 is 12.8 Å². The van der Waals surface area contributed by atoms with Crippen molar-refractivity contribution in [2.75, 3.05) is 13.1 Å². The summed E-state index contributed by atoms with van der Waals surface area (Å²) in [7, 11) is -3.67. The molecule has 2 heterocycles. The topological polar surface area (TPSA) is 50.3 Å². The minimum Gasteiger partial charge on any atom is -0.241 e. The summed E-state index contributed by atoms with van der Waals surface area (Å²) in [5.41, 5.74) is 1.57. The van der Waals surface area contributed by atoms with Gasteiger partial charge in [0, 0.05) is 19.0 Å². The van der Waals surface area contributed by atoms with Crippen LogP contribution in [-0.4, -0.2) is 30.8 Å². The molecule has 3 aromatic rings.